The lowest BCUT2D eigenvalue weighted by Gasteiger charge is -2.05. The van der Waals surface area contributed by atoms with Crippen molar-refractivity contribution in [2.45, 2.75) is 26.9 Å². The first kappa shape index (κ1) is 13.1. The number of aliphatic carboxylic acids is 1. The quantitative estimate of drug-likeness (QED) is 0.895. The molecule has 0 bridgehead atoms. The van der Waals surface area contributed by atoms with Crippen LogP contribution in [0.25, 0.3) is 0 Å². The minimum atomic E-state index is -0.935. The maximum atomic E-state index is 10.5. The van der Waals surface area contributed by atoms with Gasteiger partial charge in [-0.15, -0.1) is 0 Å². The van der Waals surface area contributed by atoms with Crippen LogP contribution in [0, 0.1) is 13.8 Å². The standard InChI is InChI=1S/C14H15NO4/c1-9-3-10(2)5-12(4-9)18-8-13-15-11(7-19-13)6-14(16)17/h3-5,7H,6,8H2,1-2H3,(H,16,17). The molecule has 0 aliphatic carbocycles. The van der Waals surface area contributed by atoms with Crippen LogP contribution >= 0.6 is 0 Å². The van der Waals surface area contributed by atoms with E-state index in [1.807, 2.05) is 26.0 Å². The van der Waals surface area contributed by atoms with E-state index < -0.39 is 5.97 Å². The lowest BCUT2D eigenvalue weighted by molar-refractivity contribution is -0.136. The number of ether oxygens (including phenoxy) is 1. The summed E-state index contributed by atoms with van der Waals surface area (Å²) in [5, 5.41) is 8.63. The molecule has 1 N–H and O–H groups in total. The second kappa shape index (κ2) is 5.56. The molecule has 0 radical (unpaired) electrons. The monoisotopic (exact) mass is 261 g/mol. The summed E-state index contributed by atoms with van der Waals surface area (Å²) in [6.07, 6.45) is 1.20. The number of aryl methyl sites for hydroxylation is 2. The zero-order valence-corrected chi connectivity index (χ0v) is 10.8. The third-order valence-electron chi connectivity index (χ3n) is 2.49. The lowest BCUT2D eigenvalue weighted by Crippen LogP contribution is -2.01. The molecule has 5 heteroatoms. The molecule has 0 fully saturated rings. The zero-order valence-electron chi connectivity index (χ0n) is 10.8. The number of benzene rings is 1. The largest absolute Gasteiger partial charge is 0.484 e. The van der Waals surface area contributed by atoms with Crippen LogP contribution in [0.2, 0.25) is 0 Å². The second-order valence-electron chi connectivity index (χ2n) is 4.42. The van der Waals surface area contributed by atoms with Crippen molar-refractivity contribution in [3.8, 4) is 5.75 Å². The van der Waals surface area contributed by atoms with E-state index in [2.05, 4.69) is 11.1 Å². The fourth-order valence-electron chi connectivity index (χ4n) is 1.81. The van der Waals surface area contributed by atoms with Gasteiger partial charge in [0.25, 0.3) is 0 Å². The maximum absolute atomic E-state index is 10.5. The number of nitrogens with zero attached hydrogens (tertiary/aromatic N) is 1. The molecular weight excluding hydrogens is 246 g/mol. The summed E-state index contributed by atoms with van der Waals surface area (Å²) in [6, 6.07) is 5.91. The molecule has 0 spiro atoms. The SMILES string of the molecule is Cc1cc(C)cc(OCc2nc(CC(=O)O)co2)c1. The number of rotatable bonds is 5. The van der Waals surface area contributed by atoms with Gasteiger partial charge in [-0.25, -0.2) is 4.98 Å². The number of hydrogen-bond acceptors (Lipinski definition) is 4. The highest BCUT2D eigenvalue weighted by molar-refractivity contribution is 5.69. The third kappa shape index (κ3) is 3.84. The normalized spacial score (nSPS) is 10.4. The molecule has 1 aromatic heterocycles. The van der Waals surface area contributed by atoms with Crippen molar-refractivity contribution in [3.05, 3.63) is 47.2 Å². The summed E-state index contributed by atoms with van der Waals surface area (Å²) in [5.41, 5.74) is 2.63. The number of carboxylic acid groups (broad SMARTS) is 1. The Labute approximate surface area is 110 Å². The van der Waals surface area contributed by atoms with Crippen LogP contribution in [0.15, 0.2) is 28.9 Å². The van der Waals surface area contributed by atoms with Gasteiger partial charge in [-0.1, -0.05) is 6.07 Å². The molecule has 0 saturated heterocycles. The van der Waals surface area contributed by atoms with Crippen LogP contribution in [-0.2, 0) is 17.8 Å². The first-order chi connectivity index (χ1) is 9.02. The second-order valence-corrected chi connectivity index (χ2v) is 4.42. The van der Waals surface area contributed by atoms with Gasteiger partial charge in [0, 0.05) is 0 Å². The molecule has 2 rings (SSSR count). The molecule has 0 amide bonds. The number of carboxylic acids is 1. The molecule has 19 heavy (non-hydrogen) atoms. The van der Waals surface area contributed by atoms with E-state index >= 15 is 0 Å². The predicted octanol–water partition coefficient (Wildman–Crippen LogP) is 2.50. The summed E-state index contributed by atoms with van der Waals surface area (Å²) in [7, 11) is 0. The van der Waals surface area contributed by atoms with E-state index in [9.17, 15) is 4.79 Å². The van der Waals surface area contributed by atoms with Crippen LogP contribution in [-0.4, -0.2) is 16.1 Å². The van der Waals surface area contributed by atoms with Gasteiger partial charge in [-0.3, -0.25) is 4.79 Å². The van der Waals surface area contributed by atoms with Crippen molar-refractivity contribution in [2.24, 2.45) is 0 Å². The number of carbonyl (C=O) groups is 1. The van der Waals surface area contributed by atoms with Gasteiger partial charge in [-0.05, 0) is 37.1 Å². The van der Waals surface area contributed by atoms with Crippen LogP contribution in [0.5, 0.6) is 5.75 Å². The topological polar surface area (TPSA) is 72.6 Å². The minimum Gasteiger partial charge on any atom is -0.484 e. The molecule has 0 unspecified atom stereocenters. The van der Waals surface area contributed by atoms with Gasteiger partial charge in [0.05, 0.1) is 12.1 Å². The lowest BCUT2D eigenvalue weighted by atomic mass is 10.1. The maximum Gasteiger partial charge on any atom is 0.309 e. The Balaban J connectivity index is 1.98. The Kier molecular flexibility index (Phi) is 3.85. The van der Waals surface area contributed by atoms with Crippen LogP contribution in [0.1, 0.15) is 22.7 Å². The van der Waals surface area contributed by atoms with Crippen molar-refractivity contribution in [1.82, 2.24) is 4.98 Å². The Bertz CT molecular complexity index is 569. The van der Waals surface area contributed by atoms with Crippen LogP contribution in [0.3, 0.4) is 0 Å². The molecule has 0 saturated carbocycles. The predicted molar refractivity (Wildman–Crippen MR) is 68.1 cm³/mol. The Hall–Kier alpha value is -2.30. The molecule has 100 valence electrons. The smallest absolute Gasteiger partial charge is 0.309 e. The Morgan fingerprint density at radius 2 is 2.00 bits per heavy atom. The summed E-state index contributed by atoms with van der Waals surface area (Å²) in [5.74, 6) is 0.181. The molecule has 2 aromatic rings. The van der Waals surface area contributed by atoms with Gasteiger partial charge in [-0.2, -0.15) is 0 Å². The van der Waals surface area contributed by atoms with E-state index in [1.54, 1.807) is 0 Å². The number of aromatic nitrogens is 1. The van der Waals surface area contributed by atoms with Crippen molar-refractivity contribution in [2.75, 3.05) is 0 Å². The molecule has 0 atom stereocenters. The summed E-state index contributed by atoms with van der Waals surface area (Å²) in [6.45, 7) is 4.18. The van der Waals surface area contributed by atoms with Gasteiger partial charge < -0.3 is 14.3 Å². The summed E-state index contributed by atoms with van der Waals surface area (Å²) >= 11 is 0. The first-order valence-corrected chi connectivity index (χ1v) is 5.89. The van der Waals surface area contributed by atoms with E-state index in [-0.39, 0.29) is 13.0 Å². The molecule has 1 heterocycles. The van der Waals surface area contributed by atoms with E-state index in [1.165, 1.54) is 6.26 Å². The molecule has 0 aliphatic rings. The Morgan fingerprint density at radius 1 is 1.32 bits per heavy atom. The van der Waals surface area contributed by atoms with Gasteiger partial charge >= 0.3 is 5.97 Å². The average molecular weight is 261 g/mol. The fraction of sp³-hybridized carbons (Fsp3) is 0.286. The molecule has 5 nitrogen and oxygen atoms in total. The van der Waals surface area contributed by atoms with Crippen LogP contribution < -0.4 is 4.74 Å². The fourth-order valence-corrected chi connectivity index (χ4v) is 1.81. The van der Waals surface area contributed by atoms with Crippen molar-refractivity contribution >= 4 is 5.97 Å². The van der Waals surface area contributed by atoms with E-state index in [4.69, 9.17) is 14.3 Å². The highest BCUT2D eigenvalue weighted by Crippen LogP contribution is 2.17. The number of oxazole rings is 1. The van der Waals surface area contributed by atoms with Crippen LogP contribution in [0.4, 0.5) is 0 Å². The van der Waals surface area contributed by atoms with Crippen molar-refractivity contribution in [3.63, 3.8) is 0 Å². The Morgan fingerprint density at radius 3 is 2.63 bits per heavy atom. The van der Waals surface area contributed by atoms with Gasteiger partial charge in [0.2, 0.25) is 5.89 Å². The average Bonchev–Trinajstić information content (AvgIpc) is 2.72. The van der Waals surface area contributed by atoms with Crippen molar-refractivity contribution < 1.29 is 19.1 Å². The van der Waals surface area contributed by atoms with Gasteiger partial charge in [0.15, 0.2) is 6.61 Å². The highest BCUT2D eigenvalue weighted by atomic mass is 16.5. The highest BCUT2D eigenvalue weighted by Gasteiger charge is 2.08. The zero-order chi connectivity index (χ0) is 13.8. The minimum absolute atomic E-state index is 0.146. The molecular formula is C14H15NO4. The first-order valence-electron chi connectivity index (χ1n) is 5.89. The summed E-state index contributed by atoms with van der Waals surface area (Å²) < 4.78 is 10.7. The van der Waals surface area contributed by atoms with E-state index in [0.717, 1.165) is 16.9 Å². The van der Waals surface area contributed by atoms with E-state index in [0.29, 0.717) is 11.6 Å². The van der Waals surface area contributed by atoms with Crippen molar-refractivity contribution in [1.29, 1.82) is 0 Å². The summed E-state index contributed by atoms with van der Waals surface area (Å²) in [4.78, 5) is 14.6. The van der Waals surface area contributed by atoms with Gasteiger partial charge in [0.1, 0.15) is 12.0 Å². The molecule has 1 aromatic carbocycles. The number of hydrogen-bond donors (Lipinski definition) is 1. The third-order valence-corrected chi connectivity index (χ3v) is 2.49. The molecule has 0 aliphatic heterocycles.